The van der Waals surface area contributed by atoms with Crippen LogP contribution in [0.5, 0.6) is 0 Å². The number of benzene rings is 1. The highest BCUT2D eigenvalue weighted by molar-refractivity contribution is 5.52. The van der Waals surface area contributed by atoms with Crippen molar-refractivity contribution < 1.29 is 10.2 Å². The maximum absolute atomic E-state index is 9.60. The molecule has 0 aromatic heterocycles. The SMILES string of the molecule is Cc1cc(N2CC(O)C(O)C2)ccc1CNC(C)C. The molecule has 0 amide bonds. The van der Waals surface area contributed by atoms with E-state index in [1.54, 1.807) is 0 Å². The highest BCUT2D eigenvalue weighted by Gasteiger charge is 2.29. The Kier molecular flexibility index (Phi) is 4.45. The lowest BCUT2D eigenvalue weighted by Gasteiger charge is -2.19. The van der Waals surface area contributed by atoms with Crippen LogP contribution in [0.2, 0.25) is 0 Å². The van der Waals surface area contributed by atoms with Crippen LogP contribution in [0.15, 0.2) is 18.2 Å². The smallest absolute Gasteiger partial charge is 0.0990 e. The first-order valence-electron chi connectivity index (χ1n) is 6.91. The molecule has 0 saturated carbocycles. The Morgan fingerprint density at radius 3 is 2.42 bits per heavy atom. The van der Waals surface area contributed by atoms with E-state index in [0.29, 0.717) is 19.1 Å². The van der Waals surface area contributed by atoms with E-state index in [9.17, 15) is 10.2 Å². The number of rotatable bonds is 4. The first-order valence-corrected chi connectivity index (χ1v) is 6.91. The quantitative estimate of drug-likeness (QED) is 0.760. The van der Waals surface area contributed by atoms with Gasteiger partial charge in [-0.05, 0) is 30.2 Å². The van der Waals surface area contributed by atoms with E-state index in [4.69, 9.17) is 0 Å². The zero-order valence-electron chi connectivity index (χ0n) is 11.9. The van der Waals surface area contributed by atoms with Gasteiger partial charge in [0.05, 0.1) is 12.2 Å². The third kappa shape index (κ3) is 3.47. The van der Waals surface area contributed by atoms with Crippen molar-refractivity contribution in [2.75, 3.05) is 18.0 Å². The van der Waals surface area contributed by atoms with Crippen LogP contribution < -0.4 is 10.2 Å². The number of nitrogens with one attached hydrogen (secondary N) is 1. The topological polar surface area (TPSA) is 55.7 Å². The summed E-state index contributed by atoms with van der Waals surface area (Å²) in [5.74, 6) is 0. The molecule has 19 heavy (non-hydrogen) atoms. The molecule has 4 heteroatoms. The molecule has 1 aliphatic rings. The van der Waals surface area contributed by atoms with Gasteiger partial charge in [0.15, 0.2) is 0 Å². The minimum absolute atomic E-state index is 0.475. The van der Waals surface area contributed by atoms with Gasteiger partial charge in [-0.1, -0.05) is 19.9 Å². The summed E-state index contributed by atoms with van der Waals surface area (Å²) < 4.78 is 0. The highest BCUT2D eigenvalue weighted by atomic mass is 16.3. The van der Waals surface area contributed by atoms with E-state index in [1.807, 2.05) is 4.90 Å². The average molecular weight is 264 g/mol. The maximum Gasteiger partial charge on any atom is 0.0990 e. The van der Waals surface area contributed by atoms with Gasteiger partial charge in [-0.3, -0.25) is 0 Å². The summed E-state index contributed by atoms with van der Waals surface area (Å²) in [6.45, 7) is 8.25. The van der Waals surface area contributed by atoms with Gasteiger partial charge in [0.2, 0.25) is 0 Å². The second-order valence-corrected chi connectivity index (χ2v) is 5.69. The van der Waals surface area contributed by atoms with Crippen molar-refractivity contribution in [3.63, 3.8) is 0 Å². The van der Waals surface area contributed by atoms with Crippen LogP contribution in [0.1, 0.15) is 25.0 Å². The van der Waals surface area contributed by atoms with Crippen LogP contribution in [-0.4, -0.2) is 41.6 Å². The van der Waals surface area contributed by atoms with Crippen molar-refractivity contribution in [2.45, 2.75) is 45.6 Å². The third-order valence-corrected chi connectivity index (χ3v) is 3.65. The number of aliphatic hydroxyl groups is 2. The number of β-amino-alcohol motifs (C(OH)–C–C–N with tert-alkyl or cyclic N) is 2. The Morgan fingerprint density at radius 2 is 1.89 bits per heavy atom. The Bertz CT molecular complexity index is 424. The highest BCUT2D eigenvalue weighted by Crippen LogP contribution is 2.23. The zero-order valence-corrected chi connectivity index (χ0v) is 11.9. The summed E-state index contributed by atoms with van der Waals surface area (Å²) >= 11 is 0. The normalized spacial score (nSPS) is 23.4. The fourth-order valence-electron chi connectivity index (χ4n) is 2.37. The summed E-state index contributed by atoms with van der Waals surface area (Å²) in [4.78, 5) is 2.03. The van der Waals surface area contributed by atoms with Crippen molar-refractivity contribution in [1.29, 1.82) is 0 Å². The van der Waals surface area contributed by atoms with Crippen molar-refractivity contribution in [2.24, 2.45) is 0 Å². The van der Waals surface area contributed by atoms with Gasteiger partial charge in [0.25, 0.3) is 0 Å². The summed E-state index contributed by atoms with van der Waals surface area (Å²) in [5.41, 5.74) is 3.60. The van der Waals surface area contributed by atoms with Crippen molar-refractivity contribution in [3.8, 4) is 0 Å². The Hall–Kier alpha value is -1.10. The number of nitrogens with zero attached hydrogens (tertiary/aromatic N) is 1. The molecule has 0 spiro atoms. The maximum atomic E-state index is 9.60. The van der Waals surface area contributed by atoms with E-state index < -0.39 is 12.2 Å². The molecule has 2 unspecified atom stereocenters. The van der Waals surface area contributed by atoms with Crippen LogP contribution in [0, 0.1) is 6.92 Å². The lowest BCUT2D eigenvalue weighted by Crippen LogP contribution is -2.23. The molecule has 4 nitrogen and oxygen atoms in total. The fourth-order valence-corrected chi connectivity index (χ4v) is 2.37. The minimum atomic E-state index is -0.636. The van der Waals surface area contributed by atoms with Gasteiger partial charge in [-0.25, -0.2) is 0 Å². The molecule has 1 aliphatic heterocycles. The summed E-state index contributed by atoms with van der Waals surface area (Å²) in [7, 11) is 0. The van der Waals surface area contributed by atoms with E-state index in [0.717, 1.165) is 12.2 Å². The summed E-state index contributed by atoms with van der Waals surface area (Å²) in [6, 6.07) is 6.79. The second kappa shape index (κ2) is 5.90. The van der Waals surface area contributed by atoms with Crippen LogP contribution in [0.25, 0.3) is 0 Å². The lowest BCUT2D eigenvalue weighted by atomic mass is 10.1. The predicted octanol–water partition coefficient (Wildman–Crippen LogP) is 1.03. The molecule has 3 N–H and O–H groups in total. The molecule has 1 aromatic rings. The fraction of sp³-hybridized carbons (Fsp3) is 0.600. The third-order valence-electron chi connectivity index (χ3n) is 3.65. The molecule has 1 heterocycles. The Labute approximate surface area is 115 Å². The van der Waals surface area contributed by atoms with E-state index in [-0.39, 0.29) is 0 Å². The zero-order chi connectivity index (χ0) is 14.0. The summed E-state index contributed by atoms with van der Waals surface area (Å²) in [5, 5.41) is 22.6. The standard InChI is InChI=1S/C15H24N2O2/c1-10(2)16-7-12-4-5-13(6-11(12)3)17-8-14(18)15(19)9-17/h4-6,10,14-16,18-19H,7-9H2,1-3H3. The largest absolute Gasteiger partial charge is 0.389 e. The average Bonchev–Trinajstić information content (AvgIpc) is 2.68. The number of aryl methyl sites for hydroxylation is 1. The van der Waals surface area contributed by atoms with Crippen LogP contribution in [-0.2, 0) is 6.54 Å². The van der Waals surface area contributed by atoms with Crippen molar-refractivity contribution >= 4 is 5.69 Å². The van der Waals surface area contributed by atoms with Gasteiger partial charge in [-0.15, -0.1) is 0 Å². The predicted molar refractivity (Wildman–Crippen MR) is 77.4 cm³/mol. The van der Waals surface area contributed by atoms with Crippen LogP contribution in [0.4, 0.5) is 5.69 Å². The number of anilines is 1. The molecule has 1 fully saturated rings. The van der Waals surface area contributed by atoms with Gasteiger partial charge < -0.3 is 20.4 Å². The van der Waals surface area contributed by atoms with E-state index in [1.165, 1.54) is 11.1 Å². The summed E-state index contributed by atoms with van der Waals surface area (Å²) in [6.07, 6.45) is -1.27. The van der Waals surface area contributed by atoms with Crippen molar-refractivity contribution in [1.82, 2.24) is 5.32 Å². The molecular formula is C15H24N2O2. The number of aliphatic hydroxyl groups excluding tert-OH is 2. The van der Waals surface area contributed by atoms with Crippen LogP contribution in [0.3, 0.4) is 0 Å². The Balaban J connectivity index is 2.06. The first-order chi connectivity index (χ1) is 8.97. The molecule has 2 atom stereocenters. The first kappa shape index (κ1) is 14.3. The molecular weight excluding hydrogens is 240 g/mol. The van der Waals surface area contributed by atoms with E-state index >= 15 is 0 Å². The second-order valence-electron chi connectivity index (χ2n) is 5.69. The number of hydrogen-bond donors (Lipinski definition) is 3. The molecule has 2 rings (SSSR count). The molecule has 0 radical (unpaired) electrons. The lowest BCUT2D eigenvalue weighted by molar-refractivity contribution is 0.0572. The van der Waals surface area contributed by atoms with Crippen LogP contribution >= 0.6 is 0 Å². The monoisotopic (exact) mass is 264 g/mol. The van der Waals surface area contributed by atoms with Gasteiger partial charge in [0.1, 0.15) is 0 Å². The Morgan fingerprint density at radius 1 is 1.26 bits per heavy atom. The van der Waals surface area contributed by atoms with Gasteiger partial charge >= 0.3 is 0 Å². The molecule has 0 aliphatic carbocycles. The van der Waals surface area contributed by atoms with Gasteiger partial charge in [-0.2, -0.15) is 0 Å². The molecule has 0 bridgehead atoms. The molecule has 106 valence electrons. The molecule has 1 aromatic carbocycles. The minimum Gasteiger partial charge on any atom is -0.389 e. The van der Waals surface area contributed by atoms with Gasteiger partial charge in [0, 0.05) is 31.4 Å². The molecule has 1 saturated heterocycles. The van der Waals surface area contributed by atoms with Crippen molar-refractivity contribution in [3.05, 3.63) is 29.3 Å². The number of hydrogen-bond acceptors (Lipinski definition) is 4. The van der Waals surface area contributed by atoms with E-state index in [2.05, 4.69) is 44.3 Å².